The van der Waals surface area contributed by atoms with Gasteiger partial charge < -0.3 is 0 Å². The summed E-state index contributed by atoms with van der Waals surface area (Å²) in [5.41, 5.74) is 8.51. The molecule has 0 N–H and O–H groups in total. The Morgan fingerprint density at radius 2 is 1.13 bits per heavy atom. The van der Waals surface area contributed by atoms with Crippen LogP contribution in [0.5, 0.6) is 0 Å². The Kier molecular flexibility index (Phi) is 5.73. The average molecular weight is 582 g/mol. The molecule has 0 atom stereocenters. The fourth-order valence-corrected chi connectivity index (χ4v) is 30.0. The summed E-state index contributed by atoms with van der Waals surface area (Å²) in [5.74, 6) is 0. The van der Waals surface area contributed by atoms with Gasteiger partial charge >= 0.3 is 229 Å². The first-order valence-corrected chi connectivity index (χ1v) is 24.3. The zero-order valence-electron chi connectivity index (χ0n) is 21.5. The van der Waals surface area contributed by atoms with Crippen LogP contribution in [-0.2, 0) is 23.8 Å². The van der Waals surface area contributed by atoms with Crippen molar-refractivity contribution in [3.8, 4) is 22.3 Å². The quantitative estimate of drug-likeness (QED) is 0.210. The minimum absolute atomic E-state index is 0.990. The van der Waals surface area contributed by atoms with E-state index >= 15 is 0 Å². The Labute approximate surface area is 227 Å². The Bertz CT molecular complexity index is 1750. The molecular formula is C36H30SiZr. The van der Waals surface area contributed by atoms with E-state index in [1.54, 1.807) is 6.55 Å². The third-order valence-electron chi connectivity index (χ3n) is 8.93. The van der Waals surface area contributed by atoms with Crippen molar-refractivity contribution in [2.75, 3.05) is 0 Å². The molecule has 0 saturated heterocycles. The second kappa shape index (κ2) is 9.16. The molecule has 38 heavy (non-hydrogen) atoms. The summed E-state index contributed by atoms with van der Waals surface area (Å²) in [7, 11) is 0. The molecule has 0 radical (unpaired) electrons. The van der Waals surface area contributed by atoms with E-state index in [1.807, 2.05) is 0 Å². The van der Waals surface area contributed by atoms with Crippen LogP contribution in [0.25, 0.3) is 22.3 Å². The number of allylic oxidation sites excluding steroid dienone is 4. The van der Waals surface area contributed by atoms with Crippen LogP contribution in [0.1, 0.15) is 17.5 Å². The van der Waals surface area contributed by atoms with Crippen molar-refractivity contribution < 1.29 is 17.4 Å². The topological polar surface area (TPSA) is 0 Å². The van der Waals surface area contributed by atoms with Gasteiger partial charge in [-0.25, -0.2) is 0 Å². The van der Waals surface area contributed by atoms with Crippen molar-refractivity contribution >= 4 is 16.7 Å². The molecule has 0 amide bonds. The summed E-state index contributed by atoms with van der Waals surface area (Å²) < 4.78 is 6.30. The van der Waals surface area contributed by atoms with Crippen molar-refractivity contribution in [2.45, 2.75) is 12.8 Å². The summed E-state index contributed by atoms with van der Waals surface area (Å²) in [6.45, 7) is 2.38. The van der Waals surface area contributed by atoms with E-state index in [9.17, 15) is 0 Å². The molecule has 0 bridgehead atoms. The zero-order valence-corrected chi connectivity index (χ0v) is 25.3. The third-order valence-corrected chi connectivity index (χ3v) is 34.9. The molecular weight excluding hydrogens is 552 g/mol. The third kappa shape index (κ3) is 3.30. The molecule has 2 aliphatic rings. The molecule has 2 heteroatoms. The number of hydrogen-bond acceptors (Lipinski definition) is 0. The summed E-state index contributed by atoms with van der Waals surface area (Å²) in [5, 5.41) is 0. The molecule has 5 aromatic carbocycles. The van der Waals surface area contributed by atoms with Gasteiger partial charge in [0, 0.05) is 0 Å². The number of benzene rings is 5. The molecule has 0 aliphatic heterocycles. The first-order valence-electron chi connectivity index (χ1n) is 13.5. The predicted molar refractivity (Wildman–Crippen MR) is 162 cm³/mol. The summed E-state index contributed by atoms with van der Waals surface area (Å²) >= 11 is -4.46. The first-order chi connectivity index (χ1) is 18.7. The molecule has 7 rings (SSSR count). The molecule has 0 heterocycles. The standard InChI is InChI=1S/C19H13.2C6H5.C5H5.H2Si.Zr/c1-2-6-14(7-3-1)15-10-11-19-17(12-15)13-16-8-4-5-9-18(16)19;2*1-2-4-6-5-3-1;1-2-4-5-3-1;;/h1-11H,13H2;2*1-5H;1-3H,4H2;1H2;. The van der Waals surface area contributed by atoms with E-state index in [1.165, 1.54) is 39.9 Å². The zero-order chi connectivity index (χ0) is 25.6. The van der Waals surface area contributed by atoms with Gasteiger partial charge in [-0.1, -0.05) is 0 Å². The van der Waals surface area contributed by atoms with Gasteiger partial charge in [-0.3, -0.25) is 0 Å². The van der Waals surface area contributed by atoms with Crippen LogP contribution < -0.4 is 9.81 Å². The normalized spacial score (nSPS) is 14.2. The number of fused-ring (bicyclic) bond motifs is 3. The SMILES string of the molecule is [SiH2]=[Zr]([C]1=CC=CC1)([c]1ccccc1)([c]1ccccc1)[c]1c(-c2ccccc2)ccc2c1Cc1ccccc1-2. The van der Waals surface area contributed by atoms with Crippen molar-refractivity contribution in [3.05, 3.63) is 160 Å². The van der Waals surface area contributed by atoms with E-state index in [2.05, 4.69) is 153 Å². The molecule has 0 fully saturated rings. The van der Waals surface area contributed by atoms with Crippen LogP contribution in [0, 0.1) is 0 Å². The minimum atomic E-state index is -4.46. The second-order valence-electron chi connectivity index (χ2n) is 10.7. The van der Waals surface area contributed by atoms with Crippen molar-refractivity contribution in [3.63, 3.8) is 0 Å². The monoisotopic (exact) mass is 580 g/mol. The molecule has 0 spiro atoms. The summed E-state index contributed by atoms with van der Waals surface area (Å²) in [4.78, 5) is 0. The average Bonchev–Trinajstić information content (AvgIpc) is 3.67. The van der Waals surface area contributed by atoms with Crippen LogP contribution in [0.3, 0.4) is 0 Å². The molecule has 0 unspecified atom stereocenters. The van der Waals surface area contributed by atoms with Gasteiger partial charge in [0.05, 0.1) is 0 Å². The van der Waals surface area contributed by atoms with Crippen molar-refractivity contribution in [1.29, 1.82) is 0 Å². The predicted octanol–water partition coefficient (Wildman–Crippen LogP) is 6.28. The van der Waals surface area contributed by atoms with E-state index in [-0.39, 0.29) is 0 Å². The van der Waals surface area contributed by atoms with Crippen molar-refractivity contribution in [2.24, 2.45) is 0 Å². The second-order valence-corrected chi connectivity index (χ2v) is 31.9. The van der Waals surface area contributed by atoms with Gasteiger partial charge in [0.2, 0.25) is 0 Å². The van der Waals surface area contributed by atoms with Crippen LogP contribution in [-0.4, -0.2) is 6.88 Å². The maximum absolute atomic E-state index is 4.46. The van der Waals surface area contributed by atoms with E-state index in [4.69, 9.17) is 0 Å². The summed E-state index contributed by atoms with van der Waals surface area (Å²) in [6.07, 6.45) is 9.13. The number of rotatable bonds is 5. The molecule has 2 aliphatic carbocycles. The number of hydrogen-bond donors (Lipinski definition) is 0. The molecule has 0 aromatic heterocycles. The molecule has 5 aromatic rings. The van der Waals surface area contributed by atoms with Crippen LogP contribution in [0.4, 0.5) is 0 Å². The van der Waals surface area contributed by atoms with Crippen LogP contribution >= 0.6 is 0 Å². The fraction of sp³-hybridized carbons (Fsp3) is 0.0556. The van der Waals surface area contributed by atoms with Gasteiger partial charge in [0.15, 0.2) is 0 Å². The fourth-order valence-electron chi connectivity index (χ4n) is 7.16. The van der Waals surface area contributed by atoms with Gasteiger partial charge in [-0.05, 0) is 0 Å². The molecule has 0 nitrogen and oxygen atoms in total. The van der Waals surface area contributed by atoms with E-state index in [0.29, 0.717) is 0 Å². The van der Waals surface area contributed by atoms with Gasteiger partial charge in [-0.2, -0.15) is 0 Å². The first kappa shape index (κ1) is 23.8. The van der Waals surface area contributed by atoms with Gasteiger partial charge in [0.1, 0.15) is 0 Å². The Morgan fingerprint density at radius 1 is 0.553 bits per heavy atom. The van der Waals surface area contributed by atoms with Crippen LogP contribution in [0.2, 0.25) is 0 Å². The van der Waals surface area contributed by atoms with E-state index < -0.39 is 17.4 Å². The maximum atomic E-state index is 2.47. The van der Waals surface area contributed by atoms with Crippen LogP contribution in [0.15, 0.2) is 149 Å². The molecule has 182 valence electrons. The Balaban J connectivity index is 1.72. The van der Waals surface area contributed by atoms with E-state index in [0.717, 1.165) is 12.8 Å². The van der Waals surface area contributed by atoms with Crippen molar-refractivity contribution in [1.82, 2.24) is 0 Å². The van der Waals surface area contributed by atoms with Gasteiger partial charge in [-0.15, -0.1) is 0 Å². The summed E-state index contributed by atoms with van der Waals surface area (Å²) in [6, 6.07) is 48.0. The Morgan fingerprint density at radius 3 is 1.76 bits per heavy atom. The molecule has 0 saturated carbocycles. The Hall–Kier alpha value is -3.32. The van der Waals surface area contributed by atoms with Gasteiger partial charge in [0.25, 0.3) is 0 Å².